The SMILES string of the molecule is COC(=O)CC[C@H](NC(=O)OCc1ccccc1)C(=O)Nc1ccc(Br)cc1C(=O)c1ccccn1. The van der Waals surface area contributed by atoms with Crippen LogP contribution in [-0.2, 0) is 25.7 Å². The third-order valence-electron chi connectivity index (χ3n) is 5.07. The van der Waals surface area contributed by atoms with Gasteiger partial charge in [0.05, 0.1) is 12.8 Å². The number of halogens is 1. The van der Waals surface area contributed by atoms with E-state index in [1.165, 1.54) is 13.3 Å². The van der Waals surface area contributed by atoms with Gasteiger partial charge in [-0.2, -0.15) is 0 Å². The van der Waals surface area contributed by atoms with Crippen LogP contribution < -0.4 is 10.6 Å². The van der Waals surface area contributed by atoms with Crippen LogP contribution in [0.15, 0.2) is 77.4 Å². The number of ether oxygens (including phenoxy) is 2. The van der Waals surface area contributed by atoms with Crippen LogP contribution in [0.5, 0.6) is 0 Å². The van der Waals surface area contributed by atoms with Crippen LogP contribution in [-0.4, -0.2) is 41.9 Å². The molecular formula is C26H24BrN3O6. The molecule has 0 radical (unpaired) electrons. The number of ketones is 1. The molecule has 1 aromatic heterocycles. The molecule has 1 atom stereocenters. The molecule has 10 heteroatoms. The third kappa shape index (κ3) is 7.74. The Labute approximate surface area is 216 Å². The second-order valence-electron chi connectivity index (χ2n) is 7.60. The van der Waals surface area contributed by atoms with Gasteiger partial charge < -0.3 is 20.1 Å². The van der Waals surface area contributed by atoms with E-state index in [1.54, 1.807) is 48.5 Å². The minimum Gasteiger partial charge on any atom is -0.469 e. The number of anilines is 1. The van der Waals surface area contributed by atoms with E-state index < -0.39 is 29.8 Å². The van der Waals surface area contributed by atoms with Gasteiger partial charge in [-0.05, 0) is 42.3 Å². The lowest BCUT2D eigenvalue weighted by atomic mass is 10.0. The van der Waals surface area contributed by atoms with Crippen LogP contribution in [0.2, 0.25) is 0 Å². The highest BCUT2D eigenvalue weighted by Gasteiger charge is 2.25. The second-order valence-corrected chi connectivity index (χ2v) is 8.51. The zero-order valence-corrected chi connectivity index (χ0v) is 21.0. The number of hydrogen-bond donors (Lipinski definition) is 2. The number of hydrogen-bond acceptors (Lipinski definition) is 7. The van der Waals surface area contributed by atoms with Crippen LogP contribution in [0.1, 0.15) is 34.5 Å². The number of benzene rings is 2. The molecule has 2 amide bonds. The first-order valence-electron chi connectivity index (χ1n) is 11.0. The summed E-state index contributed by atoms with van der Waals surface area (Å²) in [5, 5.41) is 5.17. The monoisotopic (exact) mass is 553 g/mol. The van der Waals surface area contributed by atoms with Crippen LogP contribution in [0, 0.1) is 0 Å². The zero-order valence-electron chi connectivity index (χ0n) is 19.4. The highest BCUT2D eigenvalue weighted by atomic mass is 79.9. The van der Waals surface area contributed by atoms with E-state index in [0.29, 0.717) is 4.47 Å². The number of aromatic nitrogens is 1. The molecule has 9 nitrogen and oxygen atoms in total. The molecule has 0 saturated heterocycles. The first kappa shape index (κ1) is 26.6. The number of esters is 1. The lowest BCUT2D eigenvalue weighted by Crippen LogP contribution is -2.44. The van der Waals surface area contributed by atoms with Gasteiger partial charge in [-0.3, -0.25) is 19.4 Å². The number of alkyl carbamates (subject to hydrolysis) is 1. The molecular weight excluding hydrogens is 530 g/mol. The molecule has 0 aliphatic heterocycles. The summed E-state index contributed by atoms with van der Waals surface area (Å²) in [5.74, 6) is -1.57. The summed E-state index contributed by atoms with van der Waals surface area (Å²) in [6.07, 6.45) is 0.508. The minimum absolute atomic E-state index is 0.00739. The number of carbonyl (C=O) groups excluding carboxylic acids is 4. The first-order chi connectivity index (χ1) is 17.4. The van der Waals surface area contributed by atoms with E-state index in [9.17, 15) is 19.2 Å². The molecule has 0 saturated carbocycles. The van der Waals surface area contributed by atoms with E-state index in [-0.39, 0.29) is 36.4 Å². The largest absolute Gasteiger partial charge is 0.469 e. The van der Waals surface area contributed by atoms with Crippen molar-refractivity contribution in [1.82, 2.24) is 10.3 Å². The molecule has 0 aliphatic rings. The van der Waals surface area contributed by atoms with Gasteiger partial charge in [0.2, 0.25) is 11.7 Å². The highest BCUT2D eigenvalue weighted by molar-refractivity contribution is 9.10. The smallest absolute Gasteiger partial charge is 0.408 e. The number of pyridine rings is 1. The molecule has 0 bridgehead atoms. The normalized spacial score (nSPS) is 11.2. The number of amides is 2. The Morgan fingerprint density at radius 1 is 1.00 bits per heavy atom. The Bertz CT molecular complexity index is 1220. The van der Waals surface area contributed by atoms with Crippen molar-refractivity contribution in [3.63, 3.8) is 0 Å². The standard InChI is InChI=1S/C26H24BrN3O6/c1-35-23(31)13-12-22(30-26(34)36-16-17-7-3-2-4-8-17)25(33)29-20-11-10-18(27)15-19(20)24(32)21-9-5-6-14-28-21/h2-11,14-15,22H,12-13,16H2,1H3,(H,29,33)(H,30,34)/t22-/m0/s1. The Morgan fingerprint density at radius 3 is 2.44 bits per heavy atom. The number of nitrogens with zero attached hydrogens (tertiary/aromatic N) is 1. The molecule has 1 heterocycles. The van der Waals surface area contributed by atoms with Crippen LogP contribution in [0.25, 0.3) is 0 Å². The molecule has 0 fully saturated rings. The van der Waals surface area contributed by atoms with E-state index in [0.717, 1.165) is 5.56 Å². The van der Waals surface area contributed by atoms with Gasteiger partial charge in [-0.15, -0.1) is 0 Å². The summed E-state index contributed by atoms with van der Waals surface area (Å²) in [6.45, 7) is 0.00739. The number of methoxy groups -OCH3 is 1. The van der Waals surface area contributed by atoms with Crippen molar-refractivity contribution >= 4 is 45.4 Å². The number of nitrogens with one attached hydrogen (secondary N) is 2. The predicted molar refractivity (Wildman–Crippen MR) is 135 cm³/mol. The summed E-state index contributed by atoms with van der Waals surface area (Å²) in [4.78, 5) is 54.3. The number of rotatable bonds is 10. The summed E-state index contributed by atoms with van der Waals surface area (Å²) in [6, 6.07) is 17.6. The van der Waals surface area contributed by atoms with Gasteiger partial charge in [0.1, 0.15) is 18.3 Å². The van der Waals surface area contributed by atoms with E-state index >= 15 is 0 Å². The quantitative estimate of drug-likeness (QED) is 0.284. The summed E-state index contributed by atoms with van der Waals surface area (Å²) in [5.41, 5.74) is 1.41. The average Bonchev–Trinajstić information content (AvgIpc) is 2.91. The fourth-order valence-electron chi connectivity index (χ4n) is 3.21. The molecule has 36 heavy (non-hydrogen) atoms. The van der Waals surface area contributed by atoms with Crippen LogP contribution >= 0.6 is 15.9 Å². The molecule has 0 aliphatic carbocycles. The maximum absolute atomic E-state index is 13.1. The average molecular weight is 554 g/mol. The van der Waals surface area contributed by atoms with Crippen molar-refractivity contribution in [1.29, 1.82) is 0 Å². The predicted octanol–water partition coefficient (Wildman–Crippen LogP) is 4.26. The Kier molecular flexibility index (Phi) is 9.70. The molecule has 2 N–H and O–H groups in total. The van der Waals surface area contributed by atoms with Crippen LogP contribution in [0.4, 0.5) is 10.5 Å². The first-order valence-corrected chi connectivity index (χ1v) is 11.8. The van der Waals surface area contributed by atoms with Gasteiger partial charge in [0.15, 0.2) is 0 Å². The van der Waals surface area contributed by atoms with Gasteiger partial charge in [0, 0.05) is 22.7 Å². The van der Waals surface area contributed by atoms with Crippen molar-refractivity contribution in [3.05, 3.63) is 94.2 Å². The van der Waals surface area contributed by atoms with E-state index in [2.05, 4.69) is 36.3 Å². The van der Waals surface area contributed by atoms with Crippen molar-refractivity contribution < 1.29 is 28.7 Å². The van der Waals surface area contributed by atoms with Gasteiger partial charge in [-0.1, -0.05) is 52.3 Å². The fourth-order valence-corrected chi connectivity index (χ4v) is 3.57. The molecule has 2 aromatic carbocycles. The topological polar surface area (TPSA) is 124 Å². The lowest BCUT2D eigenvalue weighted by molar-refractivity contribution is -0.140. The second kappa shape index (κ2) is 13.1. The summed E-state index contributed by atoms with van der Waals surface area (Å²) < 4.78 is 10.5. The Balaban J connectivity index is 1.75. The zero-order chi connectivity index (χ0) is 25.9. The van der Waals surface area contributed by atoms with Gasteiger partial charge in [0.25, 0.3) is 0 Å². The van der Waals surface area contributed by atoms with Crippen molar-refractivity contribution in [2.24, 2.45) is 0 Å². The summed E-state index contributed by atoms with van der Waals surface area (Å²) in [7, 11) is 1.23. The Morgan fingerprint density at radius 2 is 1.75 bits per heavy atom. The minimum atomic E-state index is -1.13. The van der Waals surface area contributed by atoms with Gasteiger partial charge >= 0.3 is 12.1 Å². The van der Waals surface area contributed by atoms with E-state index in [4.69, 9.17) is 4.74 Å². The maximum atomic E-state index is 13.1. The fraction of sp³-hybridized carbons (Fsp3) is 0.192. The van der Waals surface area contributed by atoms with Crippen molar-refractivity contribution in [2.75, 3.05) is 12.4 Å². The molecule has 3 aromatic rings. The maximum Gasteiger partial charge on any atom is 0.408 e. The molecule has 0 spiro atoms. The molecule has 0 unspecified atom stereocenters. The Hall–Kier alpha value is -4.05. The van der Waals surface area contributed by atoms with Crippen molar-refractivity contribution in [2.45, 2.75) is 25.5 Å². The lowest BCUT2D eigenvalue weighted by Gasteiger charge is -2.19. The molecule has 186 valence electrons. The van der Waals surface area contributed by atoms with Gasteiger partial charge in [-0.25, -0.2) is 4.79 Å². The summed E-state index contributed by atoms with van der Waals surface area (Å²) >= 11 is 3.34. The van der Waals surface area contributed by atoms with Crippen LogP contribution in [0.3, 0.4) is 0 Å². The van der Waals surface area contributed by atoms with Crippen molar-refractivity contribution in [3.8, 4) is 0 Å². The number of carbonyl (C=O) groups is 4. The molecule has 3 rings (SSSR count). The highest BCUT2D eigenvalue weighted by Crippen LogP contribution is 2.24. The van der Waals surface area contributed by atoms with E-state index in [1.807, 2.05) is 18.2 Å². The third-order valence-corrected chi connectivity index (χ3v) is 5.56.